The molecular formula is C10H6BrF2NOS. The number of aliphatic hydroxyl groups excluding tert-OH is 1. The summed E-state index contributed by atoms with van der Waals surface area (Å²) in [4.78, 5) is 4.59. The summed E-state index contributed by atoms with van der Waals surface area (Å²) in [6, 6.07) is 3.27. The van der Waals surface area contributed by atoms with E-state index in [-0.39, 0.29) is 12.2 Å². The zero-order valence-electron chi connectivity index (χ0n) is 7.88. The first-order valence-corrected chi connectivity index (χ1v) is 5.94. The lowest BCUT2D eigenvalue weighted by Gasteiger charge is -2.01. The Morgan fingerprint density at radius 3 is 2.75 bits per heavy atom. The molecule has 16 heavy (non-hydrogen) atoms. The monoisotopic (exact) mass is 305 g/mol. The highest BCUT2D eigenvalue weighted by atomic mass is 79.9. The van der Waals surface area contributed by atoms with Crippen LogP contribution in [0.5, 0.6) is 0 Å². The summed E-state index contributed by atoms with van der Waals surface area (Å²) in [5.41, 5.74) is 0.532. The van der Waals surface area contributed by atoms with Gasteiger partial charge in [0.1, 0.15) is 11.6 Å². The van der Waals surface area contributed by atoms with Gasteiger partial charge in [-0.1, -0.05) is 0 Å². The molecule has 0 bridgehead atoms. The molecule has 0 unspecified atom stereocenters. The van der Waals surface area contributed by atoms with Crippen molar-refractivity contribution in [3.05, 3.63) is 38.6 Å². The predicted octanol–water partition coefficient (Wildman–Crippen LogP) is 3.34. The standard InChI is InChI=1S/C10H6BrF2NOS/c11-10-14-9(8(4-15)16-10)6-2-1-5(12)3-7(6)13/h1-3,15H,4H2. The number of hydrogen-bond acceptors (Lipinski definition) is 3. The van der Waals surface area contributed by atoms with Gasteiger partial charge in [0.25, 0.3) is 0 Å². The van der Waals surface area contributed by atoms with E-state index in [1.807, 2.05) is 0 Å². The average Bonchev–Trinajstić information content (AvgIpc) is 2.59. The van der Waals surface area contributed by atoms with E-state index in [1.165, 1.54) is 17.4 Å². The van der Waals surface area contributed by atoms with Crippen LogP contribution in [0.25, 0.3) is 11.3 Å². The number of nitrogens with zero attached hydrogens (tertiary/aromatic N) is 1. The molecule has 1 N–H and O–H groups in total. The van der Waals surface area contributed by atoms with E-state index in [2.05, 4.69) is 20.9 Å². The third-order valence-corrected chi connectivity index (χ3v) is 3.49. The quantitative estimate of drug-likeness (QED) is 0.923. The Kier molecular flexibility index (Phi) is 3.32. The molecule has 2 nitrogen and oxygen atoms in total. The van der Waals surface area contributed by atoms with E-state index in [9.17, 15) is 8.78 Å². The van der Waals surface area contributed by atoms with E-state index in [0.29, 0.717) is 14.5 Å². The molecule has 1 heterocycles. The number of halogens is 3. The molecule has 0 spiro atoms. The number of rotatable bonds is 2. The zero-order chi connectivity index (χ0) is 11.7. The van der Waals surface area contributed by atoms with Gasteiger partial charge in [-0.2, -0.15) is 0 Å². The minimum Gasteiger partial charge on any atom is -0.391 e. The molecule has 0 aliphatic heterocycles. The molecule has 0 aliphatic rings. The molecule has 84 valence electrons. The molecule has 0 fully saturated rings. The molecule has 0 atom stereocenters. The second-order valence-corrected chi connectivity index (χ2v) is 5.38. The molecule has 2 aromatic rings. The van der Waals surface area contributed by atoms with Gasteiger partial charge in [0.15, 0.2) is 3.92 Å². The first-order valence-electron chi connectivity index (χ1n) is 4.33. The molecular weight excluding hydrogens is 300 g/mol. The van der Waals surface area contributed by atoms with E-state index in [4.69, 9.17) is 5.11 Å². The third kappa shape index (κ3) is 2.14. The average molecular weight is 306 g/mol. The Labute approximate surface area is 103 Å². The highest BCUT2D eigenvalue weighted by Crippen LogP contribution is 2.32. The van der Waals surface area contributed by atoms with Crippen LogP contribution < -0.4 is 0 Å². The lowest BCUT2D eigenvalue weighted by molar-refractivity contribution is 0.286. The Bertz CT molecular complexity index is 530. The lowest BCUT2D eigenvalue weighted by atomic mass is 10.1. The van der Waals surface area contributed by atoms with Gasteiger partial charge in [-0.05, 0) is 28.1 Å². The summed E-state index contributed by atoms with van der Waals surface area (Å²) >= 11 is 4.38. The van der Waals surface area contributed by atoms with Gasteiger partial charge in [0.2, 0.25) is 0 Å². The minimum atomic E-state index is -0.687. The van der Waals surface area contributed by atoms with E-state index in [0.717, 1.165) is 12.1 Å². The van der Waals surface area contributed by atoms with E-state index in [1.54, 1.807) is 0 Å². The van der Waals surface area contributed by atoms with Crippen LogP contribution in [0.15, 0.2) is 22.1 Å². The number of aliphatic hydroxyl groups is 1. The topological polar surface area (TPSA) is 33.1 Å². The molecule has 1 aromatic carbocycles. The van der Waals surface area contributed by atoms with Crippen LogP contribution in [-0.2, 0) is 6.61 Å². The van der Waals surface area contributed by atoms with Crippen LogP contribution in [0.4, 0.5) is 8.78 Å². The number of aromatic nitrogens is 1. The summed E-state index contributed by atoms with van der Waals surface area (Å²) in [5.74, 6) is -1.33. The fourth-order valence-electron chi connectivity index (χ4n) is 1.32. The van der Waals surface area contributed by atoms with Crippen molar-refractivity contribution in [2.75, 3.05) is 0 Å². The molecule has 1 aromatic heterocycles. The van der Waals surface area contributed by atoms with Crippen molar-refractivity contribution in [2.24, 2.45) is 0 Å². The van der Waals surface area contributed by atoms with Crippen LogP contribution in [0.2, 0.25) is 0 Å². The van der Waals surface area contributed by atoms with Crippen molar-refractivity contribution in [3.63, 3.8) is 0 Å². The summed E-state index contributed by atoms with van der Waals surface area (Å²) in [5, 5.41) is 9.09. The van der Waals surface area contributed by atoms with Gasteiger partial charge in [-0.15, -0.1) is 11.3 Å². The van der Waals surface area contributed by atoms with Gasteiger partial charge in [0, 0.05) is 11.6 Å². The van der Waals surface area contributed by atoms with Crippen molar-refractivity contribution in [3.8, 4) is 11.3 Å². The fourth-order valence-corrected chi connectivity index (χ4v) is 2.74. The Morgan fingerprint density at radius 2 is 2.12 bits per heavy atom. The maximum Gasteiger partial charge on any atom is 0.160 e. The number of hydrogen-bond donors (Lipinski definition) is 1. The highest BCUT2D eigenvalue weighted by Gasteiger charge is 2.15. The normalized spacial score (nSPS) is 10.8. The van der Waals surface area contributed by atoms with Gasteiger partial charge in [-0.25, -0.2) is 13.8 Å². The summed E-state index contributed by atoms with van der Waals surface area (Å²) in [7, 11) is 0. The number of benzene rings is 1. The summed E-state index contributed by atoms with van der Waals surface area (Å²) in [6.07, 6.45) is 0. The summed E-state index contributed by atoms with van der Waals surface area (Å²) in [6.45, 7) is -0.227. The third-order valence-electron chi connectivity index (χ3n) is 2.00. The second-order valence-electron chi connectivity index (χ2n) is 3.02. The van der Waals surface area contributed by atoms with Crippen LogP contribution in [-0.4, -0.2) is 10.1 Å². The largest absolute Gasteiger partial charge is 0.391 e. The summed E-state index contributed by atoms with van der Waals surface area (Å²) < 4.78 is 26.8. The SMILES string of the molecule is OCc1sc(Br)nc1-c1ccc(F)cc1F. The van der Waals surface area contributed by atoms with Crippen molar-refractivity contribution < 1.29 is 13.9 Å². The first kappa shape index (κ1) is 11.6. The Hall–Kier alpha value is -0.850. The molecule has 0 amide bonds. The van der Waals surface area contributed by atoms with Crippen molar-refractivity contribution in [2.45, 2.75) is 6.61 Å². The second kappa shape index (κ2) is 4.57. The van der Waals surface area contributed by atoms with Gasteiger partial charge in [0.05, 0.1) is 17.2 Å². The number of thiazole rings is 1. The van der Waals surface area contributed by atoms with E-state index >= 15 is 0 Å². The highest BCUT2D eigenvalue weighted by molar-refractivity contribution is 9.11. The van der Waals surface area contributed by atoms with Crippen molar-refractivity contribution >= 4 is 27.3 Å². The molecule has 0 saturated heterocycles. The van der Waals surface area contributed by atoms with Gasteiger partial charge in [-0.3, -0.25) is 0 Å². The first-order chi connectivity index (χ1) is 7.61. The van der Waals surface area contributed by atoms with Crippen molar-refractivity contribution in [1.82, 2.24) is 4.98 Å². The fraction of sp³-hybridized carbons (Fsp3) is 0.100. The maximum atomic E-state index is 13.5. The zero-order valence-corrected chi connectivity index (χ0v) is 10.3. The minimum absolute atomic E-state index is 0.187. The van der Waals surface area contributed by atoms with Crippen LogP contribution in [0.1, 0.15) is 4.88 Å². The van der Waals surface area contributed by atoms with Crippen LogP contribution >= 0.6 is 27.3 Å². The van der Waals surface area contributed by atoms with E-state index < -0.39 is 11.6 Å². The predicted molar refractivity (Wildman–Crippen MR) is 61.1 cm³/mol. The smallest absolute Gasteiger partial charge is 0.160 e. The van der Waals surface area contributed by atoms with Crippen molar-refractivity contribution in [1.29, 1.82) is 0 Å². The lowest BCUT2D eigenvalue weighted by Crippen LogP contribution is -1.90. The Balaban J connectivity index is 2.57. The molecule has 6 heteroatoms. The Morgan fingerprint density at radius 1 is 1.38 bits per heavy atom. The van der Waals surface area contributed by atoms with Gasteiger partial charge >= 0.3 is 0 Å². The molecule has 0 aliphatic carbocycles. The maximum absolute atomic E-state index is 13.5. The molecule has 0 saturated carbocycles. The van der Waals surface area contributed by atoms with Crippen LogP contribution in [0.3, 0.4) is 0 Å². The molecule has 0 radical (unpaired) electrons. The van der Waals surface area contributed by atoms with Crippen LogP contribution in [0, 0.1) is 11.6 Å². The molecule has 2 rings (SSSR count). The van der Waals surface area contributed by atoms with Gasteiger partial charge < -0.3 is 5.11 Å².